The van der Waals surface area contributed by atoms with E-state index in [-0.39, 0.29) is 12.5 Å². The number of rotatable bonds is 7. The number of aliphatic hydroxyl groups excluding tert-OH is 1. The van der Waals surface area contributed by atoms with Gasteiger partial charge in [0.1, 0.15) is 12.3 Å². The molecule has 0 aliphatic rings. The third-order valence-corrected chi connectivity index (χ3v) is 4.18. The number of carbonyl (C=O) groups excluding carboxylic acids is 1. The monoisotopic (exact) mass is 388 g/mol. The number of nitrogens with zero attached hydrogens (tertiary/aromatic N) is 2. The summed E-state index contributed by atoms with van der Waals surface area (Å²) in [5.74, 6) is 0.791. The van der Waals surface area contributed by atoms with Crippen molar-refractivity contribution in [2.75, 3.05) is 24.3 Å². The number of aliphatic hydroxyl groups is 1. The smallest absolute Gasteiger partial charge is 0.244 e. The fourth-order valence-corrected chi connectivity index (χ4v) is 2.89. The summed E-state index contributed by atoms with van der Waals surface area (Å²) in [6.07, 6.45) is -0.539. The van der Waals surface area contributed by atoms with E-state index in [0.717, 1.165) is 11.0 Å². The molecule has 0 fully saturated rings. The van der Waals surface area contributed by atoms with Gasteiger partial charge in [0.25, 0.3) is 0 Å². The molecule has 1 amide bonds. The number of imidazole rings is 1. The Labute approximate surface area is 161 Å². The molecule has 27 heavy (non-hydrogen) atoms. The van der Waals surface area contributed by atoms with Crippen LogP contribution in [0.4, 0.5) is 11.6 Å². The van der Waals surface area contributed by atoms with Gasteiger partial charge in [-0.15, -0.1) is 0 Å². The molecule has 0 bridgehead atoms. The lowest BCUT2D eigenvalue weighted by Crippen LogP contribution is -2.22. The maximum atomic E-state index is 12.7. The highest BCUT2D eigenvalue weighted by molar-refractivity contribution is 6.31. The van der Waals surface area contributed by atoms with Gasteiger partial charge in [0.2, 0.25) is 11.9 Å². The zero-order chi connectivity index (χ0) is 19.4. The van der Waals surface area contributed by atoms with Crippen LogP contribution in [0.25, 0.3) is 11.0 Å². The normalized spacial score (nSPS) is 12.0. The number of hydrogen-bond donors (Lipinski definition) is 3. The molecule has 1 atom stereocenters. The lowest BCUT2D eigenvalue weighted by atomic mass is 10.3. The van der Waals surface area contributed by atoms with Crippen LogP contribution in [0.15, 0.2) is 42.5 Å². The van der Waals surface area contributed by atoms with Crippen LogP contribution in [0.5, 0.6) is 5.75 Å². The lowest BCUT2D eigenvalue weighted by molar-refractivity contribution is -0.116. The zero-order valence-electron chi connectivity index (χ0n) is 15.1. The molecular weight excluding hydrogens is 368 g/mol. The largest absolute Gasteiger partial charge is 0.495 e. The van der Waals surface area contributed by atoms with Crippen molar-refractivity contribution in [3.05, 3.63) is 47.5 Å². The van der Waals surface area contributed by atoms with Crippen LogP contribution in [0.2, 0.25) is 5.02 Å². The molecule has 1 aromatic heterocycles. The minimum atomic E-state index is -0.539. The fourth-order valence-electron chi connectivity index (χ4n) is 2.72. The Morgan fingerprint density at radius 3 is 2.85 bits per heavy atom. The minimum Gasteiger partial charge on any atom is -0.495 e. The first-order valence-electron chi connectivity index (χ1n) is 8.48. The van der Waals surface area contributed by atoms with Gasteiger partial charge < -0.3 is 25.0 Å². The summed E-state index contributed by atoms with van der Waals surface area (Å²) in [5.41, 5.74) is 2.08. The van der Waals surface area contributed by atoms with Gasteiger partial charge in [-0.3, -0.25) is 4.79 Å². The van der Waals surface area contributed by atoms with E-state index >= 15 is 0 Å². The van der Waals surface area contributed by atoms with E-state index in [4.69, 9.17) is 16.3 Å². The molecule has 3 rings (SSSR count). The Bertz CT molecular complexity index is 955. The summed E-state index contributed by atoms with van der Waals surface area (Å²) >= 11 is 6.02. The maximum Gasteiger partial charge on any atom is 0.244 e. The number of amides is 1. The Kier molecular flexibility index (Phi) is 5.83. The number of ether oxygens (including phenoxy) is 1. The third-order valence-electron chi connectivity index (χ3n) is 3.95. The van der Waals surface area contributed by atoms with Crippen molar-refractivity contribution >= 4 is 40.2 Å². The minimum absolute atomic E-state index is 0.0400. The Morgan fingerprint density at radius 2 is 2.11 bits per heavy atom. The van der Waals surface area contributed by atoms with Crippen molar-refractivity contribution in [1.82, 2.24) is 9.55 Å². The number of carbonyl (C=O) groups is 1. The number of fused-ring (bicyclic) bond motifs is 1. The third kappa shape index (κ3) is 4.50. The first-order chi connectivity index (χ1) is 13.0. The molecule has 0 saturated heterocycles. The summed E-state index contributed by atoms with van der Waals surface area (Å²) in [7, 11) is 1.53. The Morgan fingerprint density at radius 1 is 1.33 bits per heavy atom. The van der Waals surface area contributed by atoms with Crippen molar-refractivity contribution in [2.45, 2.75) is 19.6 Å². The molecule has 3 N–H and O–H groups in total. The SMILES string of the molecule is COc1ccc(Cl)cc1NC(=O)Cn1c(NCC(C)O)nc2ccccc21. The Balaban J connectivity index is 1.86. The van der Waals surface area contributed by atoms with Crippen molar-refractivity contribution in [2.24, 2.45) is 0 Å². The van der Waals surface area contributed by atoms with Gasteiger partial charge in [-0.1, -0.05) is 23.7 Å². The molecule has 142 valence electrons. The molecule has 8 heteroatoms. The molecule has 0 saturated carbocycles. The van der Waals surface area contributed by atoms with Gasteiger partial charge in [0, 0.05) is 11.6 Å². The van der Waals surface area contributed by atoms with Gasteiger partial charge in [-0.2, -0.15) is 0 Å². The van der Waals surface area contributed by atoms with Crippen LogP contribution in [-0.4, -0.2) is 40.3 Å². The standard InChI is InChI=1S/C19H21ClN4O3/c1-12(25)10-21-19-23-14-5-3-4-6-16(14)24(19)11-18(26)22-15-9-13(20)7-8-17(15)27-2/h3-9,12,25H,10-11H2,1-2H3,(H,21,23)(H,22,26). The summed E-state index contributed by atoms with van der Waals surface area (Å²) in [6, 6.07) is 12.6. The van der Waals surface area contributed by atoms with Crippen molar-refractivity contribution in [3.8, 4) is 5.75 Å². The zero-order valence-corrected chi connectivity index (χ0v) is 15.8. The van der Waals surface area contributed by atoms with E-state index in [2.05, 4.69) is 15.6 Å². The summed E-state index contributed by atoms with van der Waals surface area (Å²) < 4.78 is 7.03. The van der Waals surface area contributed by atoms with Crippen LogP contribution < -0.4 is 15.4 Å². The number of halogens is 1. The average molecular weight is 389 g/mol. The van der Waals surface area contributed by atoms with Gasteiger partial charge >= 0.3 is 0 Å². The molecule has 3 aromatic rings. The molecule has 0 aliphatic heterocycles. The second-order valence-electron chi connectivity index (χ2n) is 6.13. The number of nitrogens with one attached hydrogen (secondary N) is 2. The number of benzene rings is 2. The van der Waals surface area contributed by atoms with Crippen molar-refractivity contribution in [3.63, 3.8) is 0 Å². The Hall–Kier alpha value is -2.77. The number of methoxy groups -OCH3 is 1. The molecule has 1 heterocycles. The van der Waals surface area contributed by atoms with Crippen LogP contribution in [0.1, 0.15) is 6.92 Å². The second-order valence-corrected chi connectivity index (χ2v) is 6.57. The second kappa shape index (κ2) is 8.28. The van der Waals surface area contributed by atoms with E-state index in [1.54, 1.807) is 29.7 Å². The topological polar surface area (TPSA) is 88.4 Å². The van der Waals surface area contributed by atoms with E-state index < -0.39 is 6.10 Å². The predicted octanol–water partition coefficient (Wildman–Crippen LogP) is 3.13. The fraction of sp³-hybridized carbons (Fsp3) is 0.263. The van der Waals surface area contributed by atoms with E-state index in [9.17, 15) is 9.90 Å². The molecule has 0 spiro atoms. The summed E-state index contributed by atoms with van der Waals surface area (Å²) in [4.78, 5) is 17.2. The molecule has 7 nitrogen and oxygen atoms in total. The average Bonchev–Trinajstić information content (AvgIpc) is 2.98. The maximum absolute atomic E-state index is 12.7. The molecule has 1 unspecified atom stereocenters. The predicted molar refractivity (Wildman–Crippen MR) is 107 cm³/mol. The highest BCUT2D eigenvalue weighted by Crippen LogP contribution is 2.28. The van der Waals surface area contributed by atoms with Crippen molar-refractivity contribution < 1.29 is 14.6 Å². The summed E-state index contributed by atoms with van der Waals surface area (Å²) in [6.45, 7) is 2.05. The number of aromatic nitrogens is 2. The van der Waals surface area contributed by atoms with Crippen LogP contribution in [0, 0.1) is 0 Å². The van der Waals surface area contributed by atoms with Gasteiger partial charge in [-0.25, -0.2) is 4.98 Å². The van der Waals surface area contributed by atoms with Crippen LogP contribution >= 0.6 is 11.6 Å². The first-order valence-corrected chi connectivity index (χ1v) is 8.86. The lowest BCUT2D eigenvalue weighted by Gasteiger charge is -2.13. The quantitative estimate of drug-likeness (QED) is 0.578. The highest BCUT2D eigenvalue weighted by atomic mass is 35.5. The van der Waals surface area contributed by atoms with Gasteiger partial charge in [-0.05, 0) is 37.3 Å². The van der Waals surface area contributed by atoms with Crippen molar-refractivity contribution in [1.29, 1.82) is 0 Å². The van der Waals surface area contributed by atoms with Gasteiger partial charge in [0.15, 0.2) is 0 Å². The number of para-hydroxylation sites is 2. The van der Waals surface area contributed by atoms with E-state index in [1.807, 2.05) is 24.3 Å². The van der Waals surface area contributed by atoms with E-state index in [0.29, 0.717) is 29.0 Å². The molecule has 0 aliphatic carbocycles. The highest BCUT2D eigenvalue weighted by Gasteiger charge is 2.15. The van der Waals surface area contributed by atoms with Gasteiger partial charge in [0.05, 0.1) is 29.9 Å². The van der Waals surface area contributed by atoms with Crippen LogP contribution in [0.3, 0.4) is 0 Å². The molecular formula is C19H21ClN4O3. The molecule has 2 aromatic carbocycles. The molecule has 0 radical (unpaired) electrons. The number of hydrogen-bond acceptors (Lipinski definition) is 5. The summed E-state index contributed by atoms with van der Waals surface area (Å²) in [5, 5.41) is 15.9. The first kappa shape index (κ1) is 19.0. The number of anilines is 2. The van der Waals surface area contributed by atoms with E-state index in [1.165, 1.54) is 7.11 Å². The van der Waals surface area contributed by atoms with Crippen LogP contribution in [-0.2, 0) is 11.3 Å².